The lowest BCUT2D eigenvalue weighted by atomic mass is 10.1. The predicted octanol–water partition coefficient (Wildman–Crippen LogP) is 3.51. The van der Waals surface area contributed by atoms with Crippen LogP contribution in [-0.4, -0.2) is 22.6 Å². The highest BCUT2D eigenvalue weighted by Gasteiger charge is 2.21. The lowest BCUT2D eigenvalue weighted by Crippen LogP contribution is -2.25. The number of esters is 1. The molecule has 1 heterocycles. The maximum atomic E-state index is 12.0. The van der Waals surface area contributed by atoms with E-state index in [0.717, 1.165) is 0 Å². The summed E-state index contributed by atoms with van der Waals surface area (Å²) in [6.45, 7) is 9.43. The number of hydrogen-bond acceptors (Lipinski definition) is 4. The number of halogens is 1. The summed E-state index contributed by atoms with van der Waals surface area (Å²) in [7, 11) is 0. The Labute approximate surface area is 113 Å². The average molecular weight is 271 g/mol. The monoisotopic (exact) mass is 270 g/mol. The molecule has 5 heteroatoms. The third kappa shape index (κ3) is 4.53. The Hall–Kier alpha value is -1.29. The molecule has 0 saturated heterocycles. The molecule has 1 N–H and O–H groups in total. The molecule has 0 atom stereocenters. The third-order valence-corrected chi connectivity index (χ3v) is 2.14. The van der Waals surface area contributed by atoms with Gasteiger partial charge in [0.15, 0.2) is 0 Å². The van der Waals surface area contributed by atoms with Crippen molar-refractivity contribution in [2.24, 2.45) is 0 Å². The van der Waals surface area contributed by atoms with Crippen LogP contribution in [0.2, 0.25) is 5.15 Å². The molecule has 1 aromatic heterocycles. The van der Waals surface area contributed by atoms with Gasteiger partial charge in [-0.1, -0.05) is 11.6 Å². The van der Waals surface area contributed by atoms with E-state index >= 15 is 0 Å². The molecular formula is C13H19ClN2O2. The van der Waals surface area contributed by atoms with E-state index < -0.39 is 11.6 Å². The zero-order valence-electron chi connectivity index (χ0n) is 11.4. The molecule has 0 radical (unpaired) electrons. The molecular weight excluding hydrogens is 252 g/mol. The number of pyridine rings is 1. The normalized spacial score (nSPS) is 11.5. The maximum Gasteiger partial charge on any atom is 0.342 e. The van der Waals surface area contributed by atoms with E-state index in [1.54, 1.807) is 6.07 Å². The number of nitrogens with one attached hydrogen (secondary N) is 1. The van der Waals surface area contributed by atoms with Gasteiger partial charge in [-0.25, -0.2) is 9.78 Å². The molecule has 4 nitrogen and oxygen atoms in total. The van der Waals surface area contributed by atoms with Crippen LogP contribution in [0.1, 0.15) is 45.0 Å². The van der Waals surface area contributed by atoms with Crippen LogP contribution in [0.25, 0.3) is 0 Å². The van der Waals surface area contributed by atoms with Crippen LogP contribution in [0.15, 0.2) is 12.3 Å². The molecule has 18 heavy (non-hydrogen) atoms. The minimum atomic E-state index is -0.536. The Balaban J connectivity index is 3.03. The van der Waals surface area contributed by atoms with Gasteiger partial charge in [-0.2, -0.15) is 0 Å². The van der Waals surface area contributed by atoms with Crippen LogP contribution in [0, 0.1) is 0 Å². The van der Waals surface area contributed by atoms with Gasteiger partial charge in [0, 0.05) is 12.2 Å². The number of carbonyl (C=O) groups is 1. The number of carbonyl (C=O) groups excluding carboxylic acids is 1. The zero-order valence-corrected chi connectivity index (χ0v) is 12.1. The largest absolute Gasteiger partial charge is 0.456 e. The Morgan fingerprint density at radius 3 is 2.56 bits per heavy atom. The highest BCUT2D eigenvalue weighted by molar-refractivity contribution is 6.29. The second kappa shape index (κ2) is 5.57. The summed E-state index contributed by atoms with van der Waals surface area (Å²) in [5.41, 5.74) is 0.494. The van der Waals surface area contributed by atoms with Crippen molar-refractivity contribution in [2.75, 3.05) is 5.32 Å². The van der Waals surface area contributed by atoms with Crippen molar-refractivity contribution in [1.82, 2.24) is 4.98 Å². The van der Waals surface area contributed by atoms with E-state index in [1.807, 2.05) is 34.6 Å². The maximum absolute atomic E-state index is 12.0. The Morgan fingerprint density at radius 2 is 2.06 bits per heavy atom. The minimum absolute atomic E-state index is 0.185. The molecule has 0 bridgehead atoms. The molecule has 0 unspecified atom stereocenters. The second-order valence-electron chi connectivity index (χ2n) is 5.35. The van der Waals surface area contributed by atoms with Gasteiger partial charge in [0.1, 0.15) is 16.3 Å². The van der Waals surface area contributed by atoms with Crippen molar-refractivity contribution >= 4 is 23.3 Å². The number of anilines is 1. The van der Waals surface area contributed by atoms with Crippen molar-refractivity contribution < 1.29 is 9.53 Å². The summed E-state index contributed by atoms with van der Waals surface area (Å²) >= 11 is 5.83. The van der Waals surface area contributed by atoms with Crippen molar-refractivity contribution in [3.05, 3.63) is 23.0 Å². The first kappa shape index (κ1) is 14.8. The first-order valence-electron chi connectivity index (χ1n) is 5.84. The van der Waals surface area contributed by atoms with Crippen LogP contribution in [-0.2, 0) is 4.74 Å². The lowest BCUT2D eigenvalue weighted by molar-refractivity contribution is 0.00703. The molecule has 0 saturated carbocycles. The number of ether oxygens (including phenoxy) is 1. The summed E-state index contributed by atoms with van der Waals surface area (Å²) < 4.78 is 5.32. The van der Waals surface area contributed by atoms with Crippen molar-refractivity contribution in [2.45, 2.75) is 46.3 Å². The van der Waals surface area contributed by atoms with E-state index in [0.29, 0.717) is 16.4 Å². The van der Waals surface area contributed by atoms with Crippen LogP contribution in [0.4, 0.5) is 5.69 Å². The number of aromatic nitrogens is 1. The van der Waals surface area contributed by atoms with Gasteiger partial charge in [0.05, 0.1) is 5.69 Å². The number of nitrogens with zero attached hydrogens (tertiary/aromatic N) is 1. The zero-order chi connectivity index (χ0) is 13.9. The van der Waals surface area contributed by atoms with E-state index in [9.17, 15) is 4.79 Å². The summed E-state index contributed by atoms with van der Waals surface area (Å²) in [5, 5.41) is 3.49. The van der Waals surface area contributed by atoms with E-state index in [2.05, 4.69) is 10.3 Å². The van der Waals surface area contributed by atoms with Gasteiger partial charge in [-0.05, 0) is 40.7 Å². The molecule has 0 aromatic carbocycles. The average Bonchev–Trinajstić information content (AvgIpc) is 2.13. The molecule has 1 aromatic rings. The standard InChI is InChI=1S/C13H19ClN2O2/c1-8(2)16-10-6-11(14)15-7-9(10)12(17)18-13(3,4)5/h6-8H,1-5H3,(H,15,16). The van der Waals surface area contributed by atoms with Crippen LogP contribution in [0.5, 0.6) is 0 Å². The number of hydrogen-bond donors (Lipinski definition) is 1. The van der Waals surface area contributed by atoms with Crippen LogP contribution in [0.3, 0.4) is 0 Å². The van der Waals surface area contributed by atoms with Crippen molar-refractivity contribution in [3.63, 3.8) is 0 Å². The van der Waals surface area contributed by atoms with Gasteiger partial charge in [-0.3, -0.25) is 0 Å². The number of rotatable bonds is 3. The Kier molecular flexibility index (Phi) is 4.57. The fourth-order valence-electron chi connectivity index (χ4n) is 1.36. The fraction of sp³-hybridized carbons (Fsp3) is 0.538. The summed E-state index contributed by atoms with van der Waals surface area (Å²) in [6, 6.07) is 1.81. The smallest absolute Gasteiger partial charge is 0.342 e. The molecule has 1 rings (SSSR count). The van der Waals surface area contributed by atoms with Crippen LogP contribution < -0.4 is 5.32 Å². The molecule has 0 amide bonds. The van der Waals surface area contributed by atoms with E-state index in [4.69, 9.17) is 16.3 Å². The summed E-state index contributed by atoms with van der Waals surface area (Å²) in [5.74, 6) is -0.408. The topological polar surface area (TPSA) is 51.2 Å². The first-order chi connectivity index (χ1) is 8.19. The summed E-state index contributed by atoms with van der Waals surface area (Å²) in [6.07, 6.45) is 1.43. The van der Waals surface area contributed by atoms with Crippen molar-refractivity contribution in [1.29, 1.82) is 0 Å². The van der Waals surface area contributed by atoms with Crippen molar-refractivity contribution in [3.8, 4) is 0 Å². The first-order valence-corrected chi connectivity index (χ1v) is 6.22. The quantitative estimate of drug-likeness (QED) is 0.675. The summed E-state index contributed by atoms with van der Waals surface area (Å²) in [4.78, 5) is 16.0. The Morgan fingerprint density at radius 1 is 1.44 bits per heavy atom. The fourth-order valence-corrected chi connectivity index (χ4v) is 1.51. The van der Waals surface area contributed by atoms with Gasteiger partial charge in [0.2, 0.25) is 0 Å². The SMILES string of the molecule is CC(C)Nc1cc(Cl)ncc1C(=O)OC(C)(C)C. The van der Waals surface area contributed by atoms with Crippen LogP contribution >= 0.6 is 11.6 Å². The minimum Gasteiger partial charge on any atom is -0.456 e. The molecule has 0 aliphatic carbocycles. The highest BCUT2D eigenvalue weighted by atomic mass is 35.5. The highest BCUT2D eigenvalue weighted by Crippen LogP contribution is 2.22. The molecule has 0 fully saturated rings. The third-order valence-electron chi connectivity index (χ3n) is 1.93. The van der Waals surface area contributed by atoms with Gasteiger partial charge < -0.3 is 10.1 Å². The predicted molar refractivity (Wildman–Crippen MR) is 73.2 cm³/mol. The van der Waals surface area contributed by atoms with Gasteiger partial charge in [0.25, 0.3) is 0 Å². The second-order valence-corrected chi connectivity index (χ2v) is 5.74. The van der Waals surface area contributed by atoms with Gasteiger partial charge >= 0.3 is 5.97 Å². The van der Waals surface area contributed by atoms with E-state index in [-0.39, 0.29) is 6.04 Å². The molecule has 100 valence electrons. The van der Waals surface area contributed by atoms with E-state index in [1.165, 1.54) is 6.20 Å². The molecule has 0 aliphatic rings. The lowest BCUT2D eigenvalue weighted by Gasteiger charge is -2.21. The van der Waals surface area contributed by atoms with Gasteiger partial charge in [-0.15, -0.1) is 0 Å². The Bertz CT molecular complexity index is 439. The molecule has 0 aliphatic heterocycles. The molecule has 0 spiro atoms.